The van der Waals surface area contributed by atoms with Crippen LogP contribution >= 0.6 is 31.9 Å². The van der Waals surface area contributed by atoms with Gasteiger partial charge in [-0.3, -0.25) is 4.18 Å². The Morgan fingerprint density at radius 1 is 0.867 bits per heavy atom. The second-order valence-electron chi connectivity index (χ2n) is 6.89. The molecule has 3 rings (SSSR count). The van der Waals surface area contributed by atoms with E-state index < -0.39 is 16.2 Å². The van der Waals surface area contributed by atoms with E-state index >= 15 is 0 Å². The van der Waals surface area contributed by atoms with Crippen LogP contribution in [0.1, 0.15) is 16.7 Å². The number of hydrogen-bond donors (Lipinski definition) is 0. The van der Waals surface area contributed by atoms with Crippen LogP contribution in [0.15, 0.2) is 86.6 Å². The lowest BCUT2D eigenvalue weighted by Gasteiger charge is -2.19. The van der Waals surface area contributed by atoms with Crippen molar-refractivity contribution in [2.75, 3.05) is 6.61 Å². The van der Waals surface area contributed by atoms with Crippen LogP contribution in [0.3, 0.4) is 0 Å². The molecule has 0 heterocycles. The zero-order valence-electron chi connectivity index (χ0n) is 16.4. The highest BCUT2D eigenvalue weighted by Gasteiger charge is 2.24. The molecule has 0 N–H and O–H groups in total. The van der Waals surface area contributed by atoms with Gasteiger partial charge in [0.2, 0.25) is 0 Å². The Morgan fingerprint density at radius 2 is 1.50 bits per heavy atom. The number of benzene rings is 3. The number of hydrogen-bond acceptors (Lipinski definition) is 4. The summed E-state index contributed by atoms with van der Waals surface area (Å²) in [7, 11) is -3.93. The fourth-order valence-electron chi connectivity index (χ4n) is 2.90. The molecule has 0 aromatic heterocycles. The van der Waals surface area contributed by atoms with Crippen LogP contribution in [0.25, 0.3) is 0 Å². The van der Waals surface area contributed by atoms with Crippen LogP contribution in [0.4, 0.5) is 0 Å². The summed E-state index contributed by atoms with van der Waals surface area (Å²) in [5, 5.41) is 0. The number of aryl methyl sites for hydroxylation is 1. The lowest BCUT2D eigenvalue weighted by molar-refractivity contribution is 0.0441. The van der Waals surface area contributed by atoms with Crippen molar-refractivity contribution in [3.63, 3.8) is 0 Å². The van der Waals surface area contributed by atoms with Crippen LogP contribution in [0.5, 0.6) is 0 Å². The molecule has 7 heteroatoms. The minimum atomic E-state index is -3.93. The molecule has 0 aliphatic carbocycles. The number of ether oxygens (including phenoxy) is 1. The second kappa shape index (κ2) is 10.7. The Balaban J connectivity index is 1.78. The third-order valence-corrected chi connectivity index (χ3v) is 7.34. The monoisotopic (exact) mass is 552 g/mol. The molecular weight excluding hydrogens is 532 g/mol. The molecule has 0 bridgehead atoms. The first-order valence-corrected chi connectivity index (χ1v) is 12.4. The summed E-state index contributed by atoms with van der Waals surface area (Å²) in [5.41, 5.74) is 2.92. The maximum Gasteiger partial charge on any atom is 0.297 e. The Hall–Kier alpha value is -1.51. The van der Waals surface area contributed by atoms with Crippen molar-refractivity contribution in [3.8, 4) is 0 Å². The van der Waals surface area contributed by atoms with E-state index in [9.17, 15) is 8.42 Å². The summed E-state index contributed by atoms with van der Waals surface area (Å²) in [6.45, 7) is 2.41. The van der Waals surface area contributed by atoms with Gasteiger partial charge in [-0.1, -0.05) is 86.0 Å². The van der Waals surface area contributed by atoms with E-state index in [0.717, 1.165) is 25.6 Å². The van der Waals surface area contributed by atoms with E-state index in [-0.39, 0.29) is 11.5 Å². The summed E-state index contributed by atoms with van der Waals surface area (Å²) in [6.07, 6.45) is -0.322. The van der Waals surface area contributed by atoms with Crippen molar-refractivity contribution in [3.05, 3.63) is 98.4 Å². The van der Waals surface area contributed by atoms with Gasteiger partial charge in [0, 0.05) is 15.4 Å². The lowest BCUT2D eigenvalue weighted by Crippen LogP contribution is -2.26. The number of rotatable bonds is 9. The third kappa shape index (κ3) is 6.49. The fourth-order valence-corrected chi connectivity index (χ4v) is 5.28. The fraction of sp³-hybridized carbons (Fsp3) is 0.217. The largest absolute Gasteiger partial charge is 0.374 e. The highest BCUT2D eigenvalue weighted by Crippen LogP contribution is 2.28. The van der Waals surface area contributed by atoms with E-state index in [4.69, 9.17) is 8.92 Å². The van der Waals surface area contributed by atoms with Crippen LogP contribution in [0.2, 0.25) is 0 Å². The van der Waals surface area contributed by atoms with Gasteiger partial charge < -0.3 is 4.74 Å². The zero-order chi connectivity index (χ0) is 21.6. The first-order valence-electron chi connectivity index (χ1n) is 9.39. The van der Waals surface area contributed by atoms with Crippen molar-refractivity contribution >= 4 is 42.0 Å². The van der Waals surface area contributed by atoms with Gasteiger partial charge in [0.15, 0.2) is 0 Å². The molecule has 0 radical (unpaired) electrons. The topological polar surface area (TPSA) is 52.6 Å². The third-order valence-electron chi connectivity index (χ3n) is 4.48. The molecule has 0 aliphatic heterocycles. The zero-order valence-corrected chi connectivity index (χ0v) is 20.4. The molecule has 0 amide bonds. The van der Waals surface area contributed by atoms with Gasteiger partial charge in [-0.05, 0) is 42.3 Å². The first kappa shape index (κ1) is 23.2. The molecule has 1 unspecified atom stereocenters. The summed E-state index contributed by atoms with van der Waals surface area (Å²) in [4.78, 5) is 0.132. The SMILES string of the molecule is Cc1ccc(S(=O)(=O)OC(COCc2ccccc2)Cc2c(Br)cccc2Br)cc1. The molecule has 0 saturated heterocycles. The van der Waals surface area contributed by atoms with Gasteiger partial charge in [-0.2, -0.15) is 8.42 Å². The first-order chi connectivity index (χ1) is 14.3. The molecule has 0 saturated carbocycles. The van der Waals surface area contributed by atoms with Gasteiger partial charge in [-0.15, -0.1) is 0 Å². The van der Waals surface area contributed by atoms with E-state index in [1.807, 2.05) is 55.5 Å². The van der Waals surface area contributed by atoms with Crippen molar-refractivity contribution in [2.45, 2.75) is 31.0 Å². The van der Waals surface area contributed by atoms with Crippen molar-refractivity contribution in [2.24, 2.45) is 0 Å². The number of halogens is 2. The highest BCUT2D eigenvalue weighted by atomic mass is 79.9. The molecule has 0 spiro atoms. The molecule has 158 valence electrons. The van der Waals surface area contributed by atoms with Gasteiger partial charge in [-0.25, -0.2) is 0 Å². The van der Waals surface area contributed by atoms with Crippen molar-refractivity contribution < 1.29 is 17.3 Å². The maximum atomic E-state index is 12.8. The minimum absolute atomic E-state index is 0.132. The van der Waals surface area contributed by atoms with E-state index in [1.165, 1.54) is 0 Å². The van der Waals surface area contributed by atoms with Gasteiger partial charge in [0.25, 0.3) is 10.1 Å². The summed E-state index contributed by atoms with van der Waals surface area (Å²) < 4.78 is 38.9. The Bertz CT molecular complexity index is 1050. The normalized spacial score (nSPS) is 12.6. The molecule has 0 aliphatic rings. The van der Waals surface area contributed by atoms with Crippen molar-refractivity contribution in [1.82, 2.24) is 0 Å². The van der Waals surface area contributed by atoms with E-state index in [1.54, 1.807) is 24.3 Å². The molecular formula is C23H22Br2O4S. The molecule has 0 fully saturated rings. The quantitative estimate of drug-likeness (QED) is 0.302. The minimum Gasteiger partial charge on any atom is -0.374 e. The van der Waals surface area contributed by atoms with Crippen LogP contribution in [-0.4, -0.2) is 21.1 Å². The average molecular weight is 554 g/mol. The summed E-state index contributed by atoms with van der Waals surface area (Å²) in [5.74, 6) is 0. The Kier molecular flexibility index (Phi) is 8.25. The Morgan fingerprint density at radius 3 is 2.13 bits per heavy atom. The summed E-state index contributed by atoms with van der Waals surface area (Å²) in [6, 6.07) is 22.1. The molecule has 4 nitrogen and oxygen atoms in total. The van der Waals surface area contributed by atoms with Crippen LogP contribution in [-0.2, 0) is 32.1 Å². The van der Waals surface area contributed by atoms with E-state index in [0.29, 0.717) is 13.0 Å². The van der Waals surface area contributed by atoms with Gasteiger partial charge in [0.1, 0.15) is 6.10 Å². The highest BCUT2D eigenvalue weighted by molar-refractivity contribution is 9.11. The predicted octanol–water partition coefficient (Wildman–Crippen LogP) is 6.05. The molecule has 3 aromatic carbocycles. The Labute approximate surface area is 194 Å². The average Bonchev–Trinajstić information content (AvgIpc) is 2.71. The standard InChI is InChI=1S/C23H22Br2O4S/c1-17-10-12-20(13-11-17)30(26,27)29-19(14-21-22(24)8-5-9-23(21)25)16-28-15-18-6-3-2-4-7-18/h2-13,19H,14-16H2,1H3. The lowest BCUT2D eigenvalue weighted by atomic mass is 10.1. The smallest absolute Gasteiger partial charge is 0.297 e. The van der Waals surface area contributed by atoms with Gasteiger partial charge in [0.05, 0.1) is 18.1 Å². The van der Waals surface area contributed by atoms with Crippen LogP contribution < -0.4 is 0 Å². The predicted molar refractivity (Wildman–Crippen MR) is 125 cm³/mol. The summed E-state index contributed by atoms with van der Waals surface area (Å²) >= 11 is 7.07. The van der Waals surface area contributed by atoms with Crippen molar-refractivity contribution in [1.29, 1.82) is 0 Å². The van der Waals surface area contributed by atoms with E-state index in [2.05, 4.69) is 31.9 Å². The van der Waals surface area contributed by atoms with Crippen LogP contribution in [0, 0.1) is 6.92 Å². The van der Waals surface area contributed by atoms with Gasteiger partial charge >= 0.3 is 0 Å². The molecule has 1 atom stereocenters. The molecule has 3 aromatic rings. The molecule has 30 heavy (non-hydrogen) atoms. The second-order valence-corrected chi connectivity index (χ2v) is 10.2. The maximum absolute atomic E-state index is 12.8.